The third-order valence-electron chi connectivity index (χ3n) is 5.59. The van der Waals surface area contributed by atoms with E-state index in [1.807, 2.05) is 18.2 Å². The standard InChI is InChI=1S/C23H42N3O2P/c1-5-9-14-20(7-3)18-24-29(28,25-19-21(8-4)15-10-6-2)26-23(27)22-16-12-11-13-17-22/h11-13,16-17,20-21H,5-10,14-15,18-19H2,1-4H3,(H3,24,25,26,27,28). The molecule has 166 valence electrons. The highest BCUT2D eigenvalue weighted by molar-refractivity contribution is 7.58. The summed E-state index contributed by atoms with van der Waals surface area (Å²) in [5.74, 6) is 0.610. The maximum absolute atomic E-state index is 13.6. The van der Waals surface area contributed by atoms with Gasteiger partial charge in [0.25, 0.3) is 5.91 Å². The fraction of sp³-hybridized carbons (Fsp3) is 0.696. The molecule has 3 N–H and O–H groups in total. The zero-order valence-electron chi connectivity index (χ0n) is 18.9. The molecule has 0 aromatic heterocycles. The minimum absolute atomic E-state index is 0.308. The Morgan fingerprint density at radius 2 is 1.34 bits per heavy atom. The molecular weight excluding hydrogens is 381 g/mol. The maximum atomic E-state index is 13.6. The van der Waals surface area contributed by atoms with Crippen LogP contribution < -0.4 is 15.3 Å². The second kappa shape index (κ2) is 14.8. The molecule has 0 aliphatic heterocycles. The molecule has 0 bridgehead atoms. The van der Waals surface area contributed by atoms with Gasteiger partial charge < -0.3 is 0 Å². The monoisotopic (exact) mass is 423 g/mol. The Bertz CT molecular complexity index is 585. The van der Waals surface area contributed by atoms with Crippen molar-refractivity contribution in [1.82, 2.24) is 15.3 Å². The van der Waals surface area contributed by atoms with E-state index in [1.165, 1.54) is 12.8 Å². The van der Waals surface area contributed by atoms with E-state index >= 15 is 0 Å². The van der Waals surface area contributed by atoms with Crippen molar-refractivity contribution in [3.63, 3.8) is 0 Å². The molecule has 2 unspecified atom stereocenters. The Hall–Kier alpha value is -1.16. The van der Waals surface area contributed by atoms with Gasteiger partial charge in [-0.3, -0.25) is 14.4 Å². The topological polar surface area (TPSA) is 70.2 Å². The molecule has 5 nitrogen and oxygen atoms in total. The number of hydrogen-bond acceptors (Lipinski definition) is 2. The molecule has 0 aliphatic rings. The average Bonchev–Trinajstić information content (AvgIpc) is 2.74. The van der Waals surface area contributed by atoms with Crippen molar-refractivity contribution in [2.24, 2.45) is 11.8 Å². The molecule has 0 heterocycles. The van der Waals surface area contributed by atoms with Crippen molar-refractivity contribution in [3.05, 3.63) is 35.9 Å². The average molecular weight is 424 g/mol. The lowest BCUT2D eigenvalue weighted by atomic mass is 10.00. The van der Waals surface area contributed by atoms with Gasteiger partial charge >= 0.3 is 7.59 Å². The van der Waals surface area contributed by atoms with Crippen molar-refractivity contribution in [1.29, 1.82) is 0 Å². The van der Waals surface area contributed by atoms with E-state index in [0.29, 0.717) is 30.5 Å². The first-order chi connectivity index (χ1) is 14.0. The van der Waals surface area contributed by atoms with Crippen LogP contribution in [0.5, 0.6) is 0 Å². The van der Waals surface area contributed by atoms with Crippen molar-refractivity contribution in [2.45, 2.75) is 79.1 Å². The largest absolute Gasteiger partial charge is 0.305 e. The van der Waals surface area contributed by atoms with E-state index in [0.717, 1.165) is 38.5 Å². The van der Waals surface area contributed by atoms with E-state index in [1.54, 1.807) is 12.1 Å². The Balaban J connectivity index is 2.81. The van der Waals surface area contributed by atoms with Gasteiger partial charge in [0.15, 0.2) is 0 Å². The van der Waals surface area contributed by atoms with E-state index in [4.69, 9.17) is 0 Å². The predicted molar refractivity (Wildman–Crippen MR) is 124 cm³/mol. The molecule has 1 aromatic rings. The molecule has 1 amide bonds. The van der Waals surface area contributed by atoms with E-state index in [2.05, 4.69) is 43.0 Å². The molecule has 0 saturated heterocycles. The minimum atomic E-state index is -3.24. The van der Waals surface area contributed by atoms with E-state index in [-0.39, 0.29) is 5.91 Å². The third-order valence-corrected chi connectivity index (χ3v) is 7.36. The molecule has 0 fully saturated rings. The number of amides is 1. The number of rotatable bonds is 16. The second-order valence-electron chi connectivity index (χ2n) is 7.97. The Morgan fingerprint density at radius 3 is 1.76 bits per heavy atom. The summed E-state index contributed by atoms with van der Waals surface area (Å²) >= 11 is 0. The van der Waals surface area contributed by atoms with Crippen LogP contribution in [0.15, 0.2) is 30.3 Å². The first-order valence-corrected chi connectivity index (χ1v) is 13.2. The summed E-state index contributed by atoms with van der Waals surface area (Å²) in [7, 11) is -3.24. The van der Waals surface area contributed by atoms with Gasteiger partial charge in [-0.1, -0.05) is 84.4 Å². The SMILES string of the molecule is CCCCC(CC)CNP(=O)(NCC(CC)CCCC)NC(=O)c1ccccc1. The molecule has 2 atom stereocenters. The van der Waals surface area contributed by atoms with Crippen molar-refractivity contribution >= 4 is 13.5 Å². The van der Waals surface area contributed by atoms with Gasteiger partial charge in [0.2, 0.25) is 0 Å². The molecule has 6 heteroatoms. The van der Waals surface area contributed by atoms with Crippen LogP contribution in [0.4, 0.5) is 0 Å². The first-order valence-electron chi connectivity index (χ1n) is 11.5. The highest BCUT2D eigenvalue weighted by Crippen LogP contribution is 2.33. The van der Waals surface area contributed by atoms with Crippen LogP contribution in [0.2, 0.25) is 0 Å². The van der Waals surface area contributed by atoms with Crippen molar-refractivity contribution in [3.8, 4) is 0 Å². The lowest BCUT2D eigenvalue weighted by molar-refractivity contribution is 0.0979. The van der Waals surface area contributed by atoms with Crippen LogP contribution in [0.3, 0.4) is 0 Å². The number of unbranched alkanes of at least 4 members (excludes halogenated alkanes) is 2. The van der Waals surface area contributed by atoms with Crippen LogP contribution in [0.1, 0.15) is 89.4 Å². The fourth-order valence-electron chi connectivity index (χ4n) is 3.33. The van der Waals surface area contributed by atoms with Crippen LogP contribution >= 0.6 is 7.59 Å². The normalized spacial score (nSPS) is 15.4. The van der Waals surface area contributed by atoms with E-state index < -0.39 is 7.59 Å². The molecule has 0 aliphatic carbocycles. The summed E-state index contributed by atoms with van der Waals surface area (Å²) in [6.45, 7) is 9.99. The summed E-state index contributed by atoms with van der Waals surface area (Å²) in [6, 6.07) is 8.98. The molecule has 1 rings (SSSR count). The zero-order valence-corrected chi connectivity index (χ0v) is 19.8. The summed E-state index contributed by atoms with van der Waals surface area (Å²) in [6.07, 6.45) is 8.95. The molecule has 0 saturated carbocycles. The zero-order chi connectivity index (χ0) is 21.5. The van der Waals surface area contributed by atoms with Gasteiger partial charge in [-0.05, 0) is 36.8 Å². The smallest absolute Gasteiger partial charge is 0.279 e. The summed E-state index contributed by atoms with van der Waals surface area (Å²) < 4.78 is 13.6. The number of hydrogen-bond donors (Lipinski definition) is 3. The highest BCUT2D eigenvalue weighted by atomic mass is 31.2. The fourth-order valence-corrected chi connectivity index (χ4v) is 5.05. The van der Waals surface area contributed by atoms with Gasteiger partial charge in [0.05, 0.1) is 0 Å². The van der Waals surface area contributed by atoms with Gasteiger partial charge in [0, 0.05) is 18.7 Å². The Morgan fingerprint density at radius 1 is 0.862 bits per heavy atom. The number of benzene rings is 1. The minimum Gasteiger partial charge on any atom is -0.279 e. The van der Waals surface area contributed by atoms with Crippen LogP contribution in [0.25, 0.3) is 0 Å². The van der Waals surface area contributed by atoms with Crippen LogP contribution in [-0.4, -0.2) is 19.0 Å². The lowest BCUT2D eigenvalue weighted by Crippen LogP contribution is -2.39. The summed E-state index contributed by atoms with van der Waals surface area (Å²) in [5.41, 5.74) is 0.521. The number of nitrogens with one attached hydrogen (secondary N) is 3. The maximum Gasteiger partial charge on any atom is 0.305 e. The van der Waals surface area contributed by atoms with Crippen molar-refractivity contribution in [2.75, 3.05) is 13.1 Å². The highest BCUT2D eigenvalue weighted by Gasteiger charge is 2.26. The van der Waals surface area contributed by atoms with Gasteiger partial charge in [-0.15, -0.1) is 0 Å². The second-order valence-corrected chi connectivity index (χ2v) is 10.0. The van der Waals surface area contributed by atoms with Crippen molar-refractivity contribution < 1.29 is 9.36 Å². The van der Waals surface area contributed by atoms with Gasteiger partial charge in [-0.2, -0.15) is 0 Å². The predicted octanol–water partition coefficient (Wildman–Crippen LogP) is 6.14. The number of carbonyl (C=O) groups is 1. The van der Waals surface area contributed by atoms with Gasteiger partial charge in [-0.25, -0.2) is 10.2 Å². The van der Waals surface area contributed by atoms with Crippen LogP contribution in [-0.2, 0) is 4.57 Å². The molecule has 0 radical (unpaired) electrons. The molecule has 29 heavy (non-hydrogen) atoms. The number of carbonyl (C=O) groups excluding carboxylic acids is 1. The van der Waals surface area contributed by atoms with Crippen LogP contribution in [0, 0.1) is 11.8 Å². The Kier molecular flexibility index (Phi) is 13.2. The van der Waals surface area contributed by atoms with Gasteiger partial charge in [0.1, 0.15) is 0 Å². The third kappa shape index (κ3) is 10.4. The molecule has 1 aromatic carbocycles. The lowest BCUT2D eigenvalue weighted by Gasteiger charge is -2.26. The van der Waals surface area contributed by atoms with E-state index in [9.17, 15) is 9.36 Å². The summed E-state index contributed by atoms with van der Waals surface area (Å²) in [5, 5.41) is 9.18. The molecule has 0 spiro atoms. The quantitative estimate of drug-likeness (QED) is 0.279. The summed E-state index contributed by atoms with van der Waals surface area (Å²) in [4.78, 5) is 12.7. The Labute approximate surface area is 178 Å². The first kappa shape index (κ1) is 25.9. The molecular formula is C23H42N3O2P.